The second-order valence-corrected chi connectivity index (χ2v) is 3.58. The number of rotatable bonds is 8. The molecule has 0 aliphatic heterocycles. The third kappa shape index (κ3) is 3.48. The molecule has 0 saturated heterocycles. The lowest BCUT2D eigenvalue weighted by molar-refractivity contribution is 0.136. The summed E-state index contributed by atoms with van der Waals surface area (Å²) in [5, 5.41) is 11.5. The number of aromatic nitrogens is 3. The van der Waals surface area contributed by atoms with Crippen LogP contribution in [0.5, 0.6) is 0 Å². The first-order chi connectivity index (χ1) is 7.83. The lowest BCUT2D eigenvalue weighted by Crippen LogP contribution is -2.10. The quantitative estimate of drug-likeness (QED) is 0.685. The van der Waals surface area contributed by atoms with Crippen molar-refractivity contribution in [1.29, 1.82) is 0 Å². The molecule has 1 N–H and O–H groups in total. The molecule has 0 aromatic carbocycles. The lowest BCUT2D eigenvalue weighted by Gasteiger charge is -2.07. The summed E-state index contributed by atoms with van der Waals surface area (Å²) in [5.74, 6) is 1.85. The van der Waals surface area contributed by atoms with Gasteiger partial charge in [0, 0.05) is 26.1 Å². The molecule has 0 saturated carbocycles. The molecule has 92 valence electrons. The third-order valence-corrected chi connectivity index (χ3v) is 2.30. The zero-order chi connectivity index (χ0) is 11.8. The first-order valence-corrected chi connectivity index (χ1v) is 6.07. The van der Waals surface area contributed by atoms with Crippen molar-refractivity contribution in [1.82, 2.24) is 14.8 Å². The van der Waals surface area contributed by atoms with Gasteiger partial charge in [0.25, 0.3) is 0 Å². The van der Waals surface area contributed by atoms with Gasteiger partial charge in [-0.15, -0.1) is 10.2 Å². The summed E-state index contributed by atoms with van der Waals surface area (Å²) < 4.78 is 7.55. The standard InChI is InChI=1S/C11H22N4O/c1-4-8-16-9-7-10-13-14-11(12-5-2)15(10)6-3/h4-9H2,1-3H3,(H,12,14). The number of hydrogen-bond acceptors (Lipinski definition) is 4. The minimum atomic E-state index is 0.720. The first-order valence-electron chi connectivity index (χ1n) is 6.07. The van der Waals surface area contributed by atoms with Gasteiger partial charge in [-0.05, 0) is 20.3 Å². The number of anilines is 1. The van der Waals surface area contributed by atoms with Crippen molar-refractivity contribution in [2.75, 3.05) is 25.1 Å². The van der Waals surface area contributed by atoms with Crippen LogP contribution >= 0.6 is 0 Å². The number of nitrogens with zero attached hydrogens (tertiary/aromatic N) is 3. The highest BCUT2D eigenvalue weighted by atomic mass is 16.5. The van der Waals surface area contributed by atoms with E-state index in [2.05, 4.69) is 40.9 Å². The molecule has 0 bridgehead atoms. The maximum absolute atomic E-state index is 5.45. The second-order valence-electron chi connectivity index (χ2n) is 3.58. The molecule has 0 spiro atoms. The van der Waals surface area contributed by atoms with E-state index in [-0.39, 0.29) is 0 Å². The Kier molecular flexibility index (Phi) is 5.85. The van der Waals surface area contributed by atoms with Crippen molar-refractivity contribution >= 4 is 5.95 Å². The Morgan fingerprint density at radius 1 is 1.19 bits per heavy atom. The third-order valence-electron chi connectivity index (χ3n) is 2.30. The molecule has 0 radical (unpaired) electrons. The molecule has 0 aliphatic rings. The number of hydrogen-bond donors (Lipinski definition) is 1. The fourth-order valence-corrected chi connectivity index (χ4v) is 1.55. The zero-order valence-corrected chi connectivity index (χ0v) is 10.5. The van der Waals surface area contributed by atoms with Gasteiger partial charge in [0.05, 0.1) is 6.61 Å². The number of nitrogens with one attached hydrogen (secondary N) is 1. The van der Waals surface area contributed by atoms with Crippen LogP contribution < -0.4 is 5.32 Å². The highest BCUT2D eigenvalue weighted by Crippen LogP contribution is 2.07. The van der Waals surface area contributed by atoms with Crippen LogP contribution in [0.1, 0.15) is 33.0 Å². The maximum atomic E-state index is 5.45. The molecule has 0 amide bonds. The van der Waals surface area contributed by atoms with Gasteiger partial charge in [0.1, 0.15) is 5.82 Å². The summed E-state index contributed by atoms with van der Waals surface area (Å²) in [4.78, 5) is 0. The molecule has 5 heteroatoms. The van der Waals surface area contributed by atoms with Gasteiger partial charge in [-0.3, -0.25) is 4.57 Å². The van der Waals surface area contributed by atoms with Gasteiger partial charge < -0.3 is 10.1 Å². The fourth-order valence-electron chi connectivity index (χ4n) is 1.55. The molecular weight excluding hydrogens is 204 g/mol. The molecule has 16 heavy (non-hydrogen) atoms. The average molecular weight is 226 g/mol. The van der Waals surface area contributed by atoms with E-state index in [9.17, 15) is 0 Å². The Hall–Kier alpha value is -1.10. The summed E-state index contributed by atoms with van der Waals surface area (Å²) in [6.45, 7) is 9.55. The van der Waals surface area contributed by atoms with Crippen LogP contribution in [0, 0.1) is 0 Å². The predicted molar refractivity (Wildman–Crippen MR) is 64.7 cm³/mol. The van der Waals surface area contributed by atoms with E-state index in [4.69, 9.17) is 4.74 Å². The molecule has 1 heterocycles. The maximum Gasteiger partial charge on any atom is 0.224 e. The molecule has 1 aromatic heterocycles. The summed E-state index contributed by atoms with van der Waals surface area (Å²) in [7, 11) is 0. The Bertz CT molecular complexity index is 298. The monoisotopic (exact) mass is 226 g/mol. The smallest absolute Gasteiger partial charge is 0.224 e. The van der Waals surface area contributed by atoms with Crippen molar-refractivity contribution in [2.24, 2.45) is 0 Å². The molecule has 0 fully saturated rings. The van der Waals surface area contributed by atoms with Crippen LogP contribution in [0.4, 0.5) is 5.95 Å². The Morgan fingerprint density at radius 3 is 2.62 bits per heavy atom. The van der Waals surface area contributed by atoms with Crippen molar-refractivity contribution in [3.8, 4) is 0 Å². The molecule has 1 rings (SSSR count). The summed E-state index contributed by atoms with van der Waals surface area (Å²) in [6, 6.07) is 0. The molecule has 0 atom stereocenters. The van der Waals surface area contributed by atoms with Crippen LogP contribution in [-0.4, -0.2) is 34.5 Å². The van der Waals surface area contributed by atoms with Crippen molar-refractivity contribution in [2.45, 2.75) is 40.2 Å². The number of ether oxygens (including phenoxy) is 1. The van der Waals surface area contributed by atoms with E-state index in [0.29, 0.717) is 0 Å². The zero-order valence-electron chi connectivity index (χ0n) is 10.5. The molecule has 0 unspecified atom stereocenters. The van der Waals surface area contributed by atoms with Crippen LogP contribution in [0.15, 0.2) is 0 Å². The van der Waals surface area contributed by atoms with Gasteiger partial charge in [-0.2, -0.15) is 0 Å². The highest BCUT2D eigenvalue weighted by molar-refractivity contribution is 5.25. The largest absolute Gasteiger partial charge is 0.381 e. The normalized spacial score (nSPS) is 10.7. The Balaban J connectivity index is 2.51. The van der Waals surface area contributed by atoms with Crippen LogP contribution in [0.25, 0.3) is 0 Å². The minimum Gasteiger partial charge on any atom is -0.381 e. The lowest BCUT2D eigenvalue weighted by atomic mass is 10.4. The topological polar surface area (TPSA) is 52.0 Å². The molecular formula is C11H22N4O. The van der Waals surface area contributed by atoms with Crippen LogP contribution in [-0.2, 0) is 17.7 Å². The van der Waals surface area contributed by atoms with Crippen molar-refractivity contribution in [3.63, 3.8) is 0 Å². The Morgan fingerprint density at radius 2 is 2.00 bits per heavy atom. The van der Waals surface area contributed by atoms with E-state index in [1.807, 2.05) is 0 Å². The van der Waals surface area contributed by atoms with E-state index < -0.39 is 0 Å². The molecule has 0 aliphatic carbocycles. The van der Waals surface area contributed by atoms with E-state index in [1.165, 1.54) is 0 Å². The van der Waals surface area contributed by atoms with E-state index >= 15 is 0 Å². The van der Waals surface area contributed by atoms with Crippen molar-refractivity contribution < 1.29 is 4.74 Å². The molecule has 5 nitrogen and oxygen atoms in total. The molecule has 1 aromatic rings. The van der Waals surface area contributed by atoms with Gasteiger partial charge >= 0.3 is 0 Å². The summed E-state index contributed by atoms with van der Waals surface area (Å²) in [6.07, 6.45) is 1.88. The van der Waals surface area contributed by atoms with Gasteiger partial charge in [0.15, 0.2) is 0 Å². The highest BCUT2D eigenvalue weighted by Gasteiger charge is 2.08. The minimum absolute atomic E-state index is 0.720. The summed E-state index contributed by atoms with van der Waals surface area (Å²) in [5.41, 5.74) is 0. The van der Waals surface area contributed by atoms with Crippen LogP contribution in [0.3, 0.4) is 0 Å². The first kappa shape index (κ1) is 13.0. The van der Waals surface area contributed by atoms with Crippen molar-refractivity contribution in [3.05, 3.63) is 5.82 Å². The van der Waals surface area contributed by atoms with Gasteiger partial charge in [-0.25, -0.2) is 0 Å². The fraction of sp³-hybridized carbons (Fsp3) is 0.818. The summed E-state index contributed by atoms with van der Waals surface area (Å²) >= 11 is 0. The predicted octanol–water partition coefficient (Wildman–Crippen LogP) is 1.70. The van der Waals surface area contributed by atoms with Gasteiger partial charge in [0.2, 0.25) is 5.95 Å². The van der Waals surface area contributed by atoms with E-state index in [1.54, 1.807) is 0 Å². The Labute approximate surface area is 97.2 Å². The SMILES string of the molecule is CCCOCCc1nnc(NCC)n1CC. The van der Waals surface area contributed by atoms with Gasteiger partial charge in [-0.1, -0.05) is 6.92 Å². The van der Waals surface area contributed by atoms with Crippen LogP contribution in [0.2, 0.25) is 0 Å². The average Bonchev–Trinajstić information content (AvgIpc) is 2.67. The van der Waals surface area contributed by atoms with E-state index in [0.717, 1.165) is 50.9 Å². The second kappa shape index (κ2) is 7.22.